The van der Waals surface area contributed by atoms with Crippen LogP contribution in [0.15, 0.2) is 24.3 Å². The van der Waals surface area contributed by atoms with E-state index < -0.39 is 0 Å². The summed E-state index contributed by atoms with van der Waals surface area (Å²) in [6.45, 7) is 2.29. The van der Waals surface area contributed by atoms with Gasteiger partial charge in [-0.25, -0.2) is 4.39 Å². The van der Waals surface area contributed by atoms with E-state index in [0.29, 0.717) is 17.9 Å². The number of halogens is 1. The Morgan fingerprint density at radius 2 is 2.21 bits per heavy atom. The molecule has 0 bridgehead atoms. The lowest BCUT2D eigenvalue weighted by Crippen LogP contribution is -1.92. The summed E-state index contributed by atoms with van der Waals surface area (Å²) in [5.41, 5.74) is 0.683. The van der Waals surface area contributed by atoms with Crippen molar-refractivity contribution < 1.29 is 14.2 Å². The average molecular weight is 196 g/mol. The Labute approximate surface area is 82.6 Å². The van der Waals surface area contributed by atoms with E-state index in [1.807, 2.05) is 6.92 Å². The van der Waals surface area contributed by atoms with Gasteiger partial charge in [0.15, 0.2) is 0 Å². The zero-order valence-corrected chi connectivity index (χ0v) is 8.03. The third-order valence-electron chi connectivity index (χ3n) is 1.62. The van der Waals surface area contributed by atoms with Crippen molar-refractivity contribution in [3.8, 4) is 5.75 Å². The lowest BCUT2D eigenvalue weighted by molar-refractivity contribution is 0.338. The molecule has 0 unspecified atom stereocenters. The minimum atomic E-state index is -0.339. The van der Waals surface area contributed by atoms with Crippen LogP contribution in [-0.4, -0.2) is 18.3 Å². The van der Waals surface area contributed by atoms with E-state index in [1.165, 1.54) is 12.1 Å². The molecule has 0 saturated carbocycles. The monoisotopic (exact) mass is 196 g/mol. The zero-order valence-electron chi connectivity index (χ0n) is 8.03. The maximum atomic E-state index is 13.0. The van der Waals surface area contributed by atoms with Crippen molar-refractivity contribution in [1.82, 2.24) is 0 Å². The first kappa shape index (κ1) is 10.7. The smallest absolute Gasteiger partial charge is 0.127 e. The topological polar surface area (TPSA) is 29.5 Å². The van der Waals surface area contributed by atoms with Gasteiger partial charge in [0.1, 0.15) is 11.6 Å². The number of aliphatic hydroxyl groups excluding tert-OH is 1. The Morgan fingerprint density at radius 3 is 2.86 bits per heavy atom. The van der Waals surface area contributed by atoms with Crippen LogP contribution in [0.2, 0.25) is 0 Å². The van der Waals surface area contributed by atoms with Gasteiger partial charge >= 0.3 is 0 Å². The molecule has 1 rings (SSSR count). The molecule has 0 radical (unpaired) electrons. The molecular formula is C11H13FO2. The van der Waals surface area contributed by atoms with Gasteiger partial charge in [-0.1, -0.05) is 12.2 Å². The normalized spacial score (nSPS) is 10.8. The molecule has 3 heteroatoms. The van der Waals surface area contributed by atoms with Crippen LogP contribution in [0.4, 0.5) is 4.39 Å². The second-order valence-electron chi connectivity index (χ2n) is 2.74. The zero-order chi connectivity index (χ0) is 10.4. The molecule has 0 amide bonds. The van der Waals surface area contributed by atoms with Gasteiger partial charge in [0.05, 0.1) is 13.2 Å². The highest BCUT2D eigenvalue weighted by atomic mass is 19.1. The SMILES string of the molecule is CCOc1cc(F)cc(C=CCO)c1. The van der Waals surface area contributed by atoms with Crippen molar-refractivity contribution in [1.29, 1.82) is 0 Å². The van der Waals surface area contributed by atoms with Crippen molar-refractivity contribution in [2.24, 2.45) is 0 Å². The second-order valence-corrected chi connectivity index (χ2v) is 2.74. The summed E-state index contributed by atoms with van der Waals surface area (Å²) in [7, 11) is 0. The third kappa shape index (κ3) is 3.18. The Hall–Kier alpha value is -1.35. The molecule has 14 heavy (non-hydrogen) atoms. The quantitative estimate of drug-likeness (QED) is 0.800. The minimum absolute atomic E-state index is 0.0551. The molecule has 1 aromatic carbocycles. The lowest BCUT2D eigenvalue weighted by atomic mass is 10.2. The van der Waals surface area contributed by atoms with Gasteiger partial charge < -0.3 is 9.84 Å². The van der Waals surface area contributed by atoms with Gasteiger partial charge in [0, 0.05) is 6.07 Å². The number of hydrogen-bond donors (Lipinski definition) is 1. The highest BCUT2D eigenvalue weighted by Crippen LogP contribution is 2.17. The molecule has 0 spiro atoms. The highest BCUT2D eigenvalue weighted by Gasteiger charge is 1.98. The van der Waals surface area contributed by atoms with Crippen LogP contribution in [0, 0.1) is 5.82 Å². The predicted octanol–water partition coefficient (Wildman–Crippen LogP) is 2.23. The molecule has 1 aromatic rings. The number of rotatable bonds is 4. The summed E-state index contributed by atoms with van der Waals surface area (Å²) >= 11 is 0. The maximum absolute atomic E-state index is 13.0. The standard InChI is InChI=1S/C11H13FO2/c1-2-14-11-7-9(4-3-5-13)6-10(12)8-11/h3-4,6-8,13H,2,5H2,1H3. The van der Waals surface area contributed by atoms with Crippen molar-refractivity contribution in [2.45, 2.75) is 6.92 Å². The molecule has 0 aliphatic carbocycles. The Morgan fingerprint density at radius 1 is 1.43 bits per heavy atom. The van der Waals surface area contributed by atoms with Crippen LogP contribution in [0.25, 0.3) is 6.08 Å². The first-order chi connectivity index (χ1) is 6.76. The molecular weight excluding hydrogens is 183 g/mol. The Bertz CT molecular complexity index is 321. The van der Waals surface area contributed by atoms with E-state index in [9.17, 15) is 4.39 Å². The van der Waals surface area contributed by atoms with Gasteiger partial charge in [0.2, 0.25) is 0 Å². The van der Waals surface area contributed by atoms with E-state index in [1.54, 1.807) is 18.2 Å². The maximum Gasteiger partial charge on any atom is 0.127 e. The van der Waals surface area contributed by atoms with Crippen LogP contribution in [0.3, 0.4) is 0 Å². The summed E-state index contributed by atoms with van der Waals surface area (Å²) in [4.78, 5) is 0. The molecule has 0 fully saturated rings. The first-order valence-electron chi connectivity index (χ1n) is 4.47. The fraction of sp³-hybridized carbons (Fsp3) is 0.273. The van der Waals surface area contributed by atoms with E-state index in [-0.39, 0.29) is 12.4 Å². The number of hydrogen-bond acceptors (Lipinski definition) is 2. The van der Waals surface area contributed by atoms with Crippen molar-refractivity contribution in [3.63, 3.8) is 0 Å². The van der Waals surface area contributed by atoms with E-state index >= 15 is 0 Å². The molecule has 0 aliphatic heterocycles. The van der Waals surface area contributed by atoms with Gasteiger partial charge in [-0.2, -0.15) is 0 Å². The van der Waals surface area contributed by atoms with Crippen LogP contribution in [0.1, 0.15) is 12.5 Å². The first-order valence-corrected chi connectivity index (χ1v) is 4.47. The summed E-state index contributed by atoms with van der Waals surface area (Å²) < 4.78 is 18.2. The van der Waals surface area contributed by atoms with Gasteiger partial charge in [-0.05, 0) is 24.6 Å². The summed E-state index contributed by atoms with van der Waals surface area (Å²) in [6.07, 6.45) is 3.19. The van der Waals surface area contributed by atoms with Crippen molar-refractivity contribution in [3.05, 3.63) is 35.7 Å². The van der Waals surface area contributed by atoms with E-state index in [2.05, 4.69) is 0 Å². The number of ether oxygens (including phenoxy) is 1. The van der Waals surface area contributed by atoms with Crippen LogP contribution >= 0.6 is 0 Å². The second kappa shape index (κ2) is 5.40. The molecule has 1 N–H and O–H groups in total. The molecule has 0 heterocycles. The average Bonchev–Trinajstić information content (AvgIpc) is 2.14. The summed E-state index contributed by atoms with van der Waals surface area (Å²) in [5.74, 6) is 0.165. The predicted molar refractivity (Wildman–Crippen MR) is 53.7 cm³/mol. The van der Waals surface area contributed by atoms with Gasteiger partial charge in [0.25, 0.3) is 0 Å². The van der Waals surface area contributed by atoms with Crippen molar-refractivity contribution in [2.75, 3.05) is 13.2 Å². The molecule has 0 saturated heterocycles. The molecule has 0 atom stereocenters. The summed E-state index contributed by atoms with van der Waals surface area (Å²) in [6, 6.07) is 4.44. The van der Waals surface area contributed by atoms with Gasteiger partial charge in [-0.15, -0.1) is 0 Å². The largest absolute Gasteiger partial charge is 0.494 e. The van der Waals surface area contributed by atoms with Crippen molar-refractivity contribution >= 4 is 6.08 Å². The van der Waals surface area contributed by atoms with Gasteiger partial charge in [-0.3, -0.25) is 0 Å². The Balaban J connectivity index is 2.89. The molecule has 0 aliphatic rings. The number of aliphatic hydroxyl groups is 1. The third-order valence-corrected chi connectivity index (χ3v) is 1.62. The van der Waals surface area contributed by atoms with E-state index in [0.717, 1.165) is 0 Å². The van der Waals surface area contributed by atoms with Crippen LogP contribution in [0.5, 0.6) is 5.75 Å². The summed E-state index contributed by atoms with van der Waals surface area (Å²) in [5, 5.41) is 8.56. The fourth-order valence-corrected chi connectivity index (χ4v) is 1.12. The lowest BCUT2D eigenvalue weighted by Gasteiger charge is -2.03. The van der Waals surface area contributed by atoms with Crippen LogP contribution < -0.4 is 4.74 Å². The minimum Gasteiger partial charge on any atom is -0.494 e. The molecule has 2 nitrogen and oxygen atoms in total. The fourth-order valence-electron chi connectivity index (χ4n) is 1.12. The molecule has 0 aromatic heterocycles. The Kier molecular flexibility index (Phi) is 4.13. The molecule has 76 valence electrons. The number of benzene rings is 1. The van der Waals surface area contributed by atoms with Crippen LogP contribution in [-0.2, 0) is 0 Å². The van der Waals surface area contributed by atoms with E-state index in [4.69, 9.17) is 9.84 Å². The highest BCUT2D eigenvalue weighted by molar-refractivity contribution is 5.52.